The van der Waals surface area contributed by atoms with E-state index in [2.05, 4.69) is 15.1 Å². The number of fused-ring (bicyclic) bond motifs is 1. The van der Waals surface area contributed by atoms with Gasteiger partial charge in [0.2, 0.25) is 5.95 Å². The first-order valence-electron chi connectivity index (χ1n) is 11.2. The Bertz CT molecular complexity index is 1240. The summed E-state index contributed by atoms with van der Waals surface area (Å²) in [5, 5.41) is 4.70. The summed E-state index contributed by atoms with van der Waals surface area (Å²) in [6.07, 6.45) is 1.40. The Morgan fingerprint density at radius 2 is 2.03 bits per heavy atom. The lowest BCUT2D eigenvalue weighted by Crippen LogP contribution is -2.38. The maximum absolute atomic E-state index is 12.1. The van der Waals surface area contributed by atoms with E-state index < -0.39 is 0 Å². The van der Waals surface area contributed by atoms with E-state index in [1.807, 2.05) is 31.2 Å². The highest BCUT2D eigenvalue weighted by Crippen LogP contribution is 2.31. The number of nitrogens with one attached hydrogen (secondary N) is 1. The van der Waals surface area contributed by atoms with Crippen molar-refractivity contribution in [3.63, 3.8) is 0 Å². The summed E-state index contributed by atoms with van der Waals surface area (Å²) in [4.78, 5) is 27.3. The fourth-order valence-corrected chi connectivity index (χ4v) is 4.31. The minimum absolute atomic E-state index is 0.0877. The van der Waals surface area contributed by atoms with Gasteiger partial charge < -0.3 is 19.7 Å². The molecule has 0 unspecified atom stereocenters. The molecule has 0 bridgehead atoms. The highest BCUT2D eigenvalue weighted by molar-refractivity contribution is 6.32. The number of piperidine rings is 1. The maximum Gasteiger partial charge on any atom is 0.309 e. The minimum Gasteiger partial charge on any atom is -0.495 e. The van der Waals surface area contributed by atoms with Crippen molar-refractivity contribution in [2.45, 2.75) is 26.3 Å². The van der Waals surface area contributed by atoms with Gasteiger partial charge in [0.05, 0.1) is 36.7 Å². The topological polar surface area (TPSA) is 80.9 Å². The first-order chi connectivity index (χ1) is 16.5. The number of halogens is 1. The standard InChI is InChI=1S/C25H26ClN5O3/c1-4-34-24(32)17-9-11-31(12-10-17)25-29-21-7-6-18(27-2)14-19(21)23(30-25)28-15-16-5-8-22(33-3)20(26)13-16/h5-8,13-14,17H,4,9-12,15H2,1,3H3,(H,28,29,30). The van der Waals surface area contributed by atoms with Gasteiger partial charge in [-0.2, -0.15) is 4.98 Å². The third-order valence-electron chi connectivity index (χ3n) is 5.87. The van der Waals surface area contributed by atoms with E-state index in [-0.39, 0.29) is 11.9 Å². The zero-order chi connectivity index (χ0) is 24.1. The Balaban J connectivity index is 1.59. The highest BCUT2D eigenvalue weighted by atomic mass is 35.5. The van der Waals surface area contributed by atoms with Crippen molar-refractivity contribution in [2.24, 2.45) is 5.92 Å². The fraction of sp³-hybridized carbons (Fsp3) is 0.360. The molecule has 1 N–H and O–H groups in total. The molecule has 34 heavy (non-hydrogen) atoms. The molecule has 1 aromatic heterocycles. The quantitative estimate of drug-likeness (QED) is 0.367. The van der Waals surface area contributed by atoms with E-state index in [1.165, 1.54) is 0 Å². The van der Waals surface area contributed by atoms with Crippen LogP contribution in [-0.2, 0) is 16.1 Å². The zero-order valence-corrected chi connectivity index (χ0v) is 19.9. The Morgan fingerprint density at radius 3 is 2.71 bits per heavy atom. The number of hydrogen-bond acceptors (Lipinski definition) is 7. The SMILES string of the molecule is [C-]#[N+]c1ccc2nc(N3CCC(C(=O)OCC)CC3)nc(NCc3ccc(OC)c(Cl)c3)c2c1. The van der Waals surface area contributed by atoms with Gasteiger partial charge in [-0.25, -0.2) is 9.83 Å². The number of carbonyl (C=O) groups is 1. The van der Waals surface area contributed by atoms with Crippen LogP contribution >= 0.6 is 11.6 Å². The van der Waals surface area contributed by atoms with Crippen molar-refractivity contribution in [1.29, 1.82) is 0 Å². The van der Waals surface area contributed by atoms with Gasteiger partial charge in [0.1, 0.15) is 11.6 Å². The van der Waals surface area contributed by atoms with Crippen LogP contribution in [0.2, 0.25) is 5.02 Å². The van der Waals surface area contributed by atoms with Gasteiger partial charge in [0, 0.05) is 25.0 Å². The molecular formula is C25H26ClN5O3. The third kappa shape index (κ3) is 5.15. The number of ether oxygens (including phenoxy) is 2. The molecule has 1 saturated heterocycles. The van der Waals surface area contributed by atoms with Crippen LogP contribution in [0, 0.1) is 12.5 Å². The molecule has 176 valence electrons. The van der Waals surface area contributed by atoms with Gasteiger partial charge >= 0.3 is 5.97 Å². The van der Waals surface area contributed by atoms with E-state index in [4.69, 9.17) is 37.6 Å². The van der Waals surface area contributed by atoms with Crippen molar-refractivity contribution in [2.75, 3.05) is 37.0 Å². The maximum atomic E-state index is 12.1. The molecule has 1 aliphatic rings. The Labute approximate surface area is 203 Å². The van der Waals surface area contributed by atoms with Crippen LogP contribution < -0.4 is 15.0 Å². The second-order valence-electron chi connectivity index (χ2n) is 8.02. The number of hydrogen-bond donors (Lipinski definition) is 1. The lowest BCUT2D eigenvalue weighted by atomic mass is 9.97. The van der Waals surface area contributed by atoms with Crippen molar-refractivity contribution >= 4 is 45.9 Å². The number of rotatable bonds is 7. The summed E-state index contributed by atoms with van der Waals surface area (Å²) < 4.78 is 10.4. The number of nitrogens with zero attached hydrogens (tertiary/aromatic N) is 4. The first-order valence-corrected chi connectivity index (χ1v) is 11.6. The van der Waals surface area contributed by atoms with E-state index in [0.29, 0.717) is 67.3 Å². The molecule has 2 heterocycles. The molecule has 2 aromatic carbocycles. The number of benzene rings is 2. The first kappa shape index (κ1) is 23.6. The molecule has 0 radical (unpaired) electrons. The Morgan fingerprint density at radius 1 is 1.24 bits per heavy atom. The summed E-state index contributed by atoms with van der Waals surface area (Å²) in [7, 11) is 1.58. The number of methoxy groups -OCH3 is 1. The van der Waals surface area contributed by atoms with Gasteiger partial charge in [0.15, 0.2) is 5.69 Å². The Hall–Kier alpha value is -3.57. The van der Waals surface area contributed by atoms with E-state index in [0.717, 1.165) is 16.5 Å². The summed E-state index contributed by atoms with van der Waals surface area (Å²) >= 11 is 6.28. The van der Waals surface area contributed by atoms with Crippen LogP contribution in [0.15, 0.2) is 36.4 Å². The lowest BCUT2D eigenvalue weighted by Gasteiger charge is -2.31. The van der Waals surface area contributed by atoms with Crippen molar-refractivity contribution in [3.05, 3.63) is 58.4 Å². The van der Waals surface area contributed by atoms with Crippen LogP contribution in [0.5, 0.6) is 5.75 Å². The zero-order valence-electron chi connectivity index (χ0n) is 19.2. The molecule has 1 fully saturated rings. The molecule has 9 heteroatoms. The molecular weight excluding hydrogens is 454 g/mol. The van der Waals surface area contributed by atoms with Gasteiger partial charge in [-0.15, -0.1) is 0 Å². The number of anilines is 2. The van der Waals surface area contributed by atoms with E-state index >= 15 is 0 Å². The molecule has 8 nitrogen and oxygen atoms in total. The number of carbonyl (C=O) groups excluding carboxylic acids is 1. The number of aromatic nitrogens is 2. The van der Waals surface area contributed by atoms with Gasteiger partial charge in [-0.05, 0) is 49.6 Å². The lowest BCUT2D eigenvalue weighted by molar-refractivity contribution is -0.148. The number of esters is 1. The molecule has 0 spiro atoms. The van der Waals surface area contributed by atoms with Crippen molar-refractivity contribution in [1.82, 2.24) is 9.97 Å². The van der Waals surface area contributed by atoms with Crippen LogP contribution in [0.1, 0.15) is 25.3 Å². The van der Waals surface area contributed by atoms with Crippen LogP contribution in [-0.4, -0.2) is 42.7 Å². The molecule has 0 aliphatic carbocycles. The normalized spacial score (nSPS) is 14.0. The van der Waals surface area contributed by atoms with Crippen LogP contribution in [0.25, 0.3) is 15.7 Å². The predicted molar refractivity (Wildman–Crippen MR) is 133 cm³/mol. The van der Waals surface area contributed by atoms with Crippen LogP contribution in [0.3, 0.4) is 0 Å². The predicted octanol–water partition coefficient (Wildman–Crippen LogP) is 5.23. The average Bonchev–Trinajstić information content (AvgIpc) is 2.87. The molecule has 4 rings (SSSR count). The average molecular weight is 480 g/mol. The van der Waals surface area contributed by atoms with Crippen LogP contribution in [0.4, 0.5) is 17.5 Å². The Kier molecular flexibility index (Phi) is 7.33. The summed E-state index contributed by atoms with van der Waals surface area (Å²) in [6, 6.07) is 11.0. The highest BCUT2D eigenvalue weighted by Gasteiger charge is 2.27. The van der Waals surface area contributed by atoms with Gasteiger partial charge in [0.25, 0.3) is 0 Å². The summed E-state index contributed by atoms with van der Waals surface area (Å²) in [5.41, 5.74) is 2.24. The molecule has 1 aliphatic heterocycles. The van der Waals surface area contributed by atoms with Gasteiger partial charge in [-0.1, -0.05) is 23.7 Å². The summed E-state index contributed by atoms with van der Waals surface area (Å²) in [6.45, 7) is 11.4. The minimum atomic E-state index is -0.131. The van der Waals surface area contributed by atoms with E-state index in [9.17, 15) is 4.79 Å². The molecule has 0 atom stereocenters. The van der Waals surface area contributed by atoms with Crippen molar-refractivity contribution in [3.8, 4) is 5.75 Å². The molecule has 0 saturated carbocycles. The monoisotopic (exact) mass is 479 g/mol. The van der Waals surface area contributed by atoms with E-state index in [1.54, 1.807) is 19.2 Å². The largest absolute Gasteiger partial charge is 0.495 e. The second-order valence-corrected chi connectivity index (χ2v) is 8.43. The molecule has 0 amide bonds. The third-order valence-corrected chi connectivity index (χ3v) is 6.17. The summed E-state index contributed by atoms with van der Waals surface area (Å²) in [5.74, 6) is 1.64. The second kappa shape index (κ2) is 10.6. The van der Waals surface area contributed by atoms with Crippen molar-refractivity contribution < 1.29 is 14.3 Å². The van der Waals surface area contributed by atoms with Gasteiger partial charge in [-0.3, -0.25) is 4.79 Å². The smallest absolute Gasteiger partial charge is 0.309 e. The fourth-order valence-electron chi connectivity index (χ4n) is 4.03. The molecule has 3 aromatic rings.